The number of hydrogen-bond donors (Lipinski definition) is 1. The maximum Gasteiger partial charge on any atom is 0.137 e. The highest BCUT2D eigenvalue weighted by Gasteiger charge is 2.18. The number of pyridine rings is 1. The van der Waals surface area contributed by atoms with Crippen LogP contribution in [0.25, 0.3) is 0 Å². The molecule has 0 fully saturated rings. The van der Waals surface area contributed by atoms with E-state index in [2.05, 4.69) is 40.6 Å². The van der Waals surface area contributed by atoms with E-state index in [0.29, 0.717) is 12.4 Å². The quantitative estimate of drug-likeness (QED) is 0.905. The van der Waals surface area contributed by atoms with Crippen LogP contribution in [0.15, 0.2) is 30.7 Å². The number of hydrogen-bond acceptors (Lipinski definition) is 5. The Hall–Kier alpha value is -2.17. The fraction of sp³-hybridized carbons (Fsp3) is 0.400. The highest BCUT2D eigenvalue weighted by atomic mass is 15.2. The van der Waals surface area contributed by atoms with Crippen LogP contribution in [0.1, 0.15) is 37.9 Å². The summed E-state index contributed by atoms with van der Waals surface area (Å²) in [4.78, 5) is 15.1. The van der Waals surface area contributed by atoms with Crippen molar-refractivity contribution in [3.8, 4) is 0 Å². The minimum absolute atomic E-state index is 0.281. The molecule has 0 saturated carbocycles. The van der Waals surface area contributed by atoms with E-state index in [4.69, 9.17) is 5.73 Å². The fourth-order valence-electron chi connectivity index (χ4n) is 2.23. The molecule has 2 aromatic heterocycles. The molecule has 106 valence electrons. The molecule has 0 unspecified atom stereocenters. The SMILES string of the molecule is CCN(Cc1ccccn1)c1ncnc(N)c1C(C)C. The Morgan fingerprint density at radius 1 is 1.20 bits per heavy atom. The van der Waals surface area contributed by atoms with Crippen LogP contribution in [-0.4, -0.2) is 21.5 Å². The van der Waals surface area contributed by atoms with E-state index in [0.717, 1.165) is 23.6 Å². The Bertz CT molecular complexity index is 553. The first-order valence-electron chi connectivity index (χ1n) is 6.88. The summed E-state index contributed by atoms with van der Waals surface area (Å²) < 4.78 is 0. The van der Waals surface area contributed by atoms with Crippen molar-refractivity contribution >= 4 is 11.6 Å². The number of nitrogens with zero attached hydrogens (tertiary/aromatic N) is 4. The Morgan fingerprint density at radius 2 is 2.00 bits per heavy atom. The summed E-state index contributed by atoms with van der Waals surface area (Å²) in [5, 5.41) is 0. The molecule has 0 spiro atoms. The standard InChI is InChI=1S/C15H21N5/c1-4-20(9-12-7-5-6-8-17-12)15-13(11(2)3)14(16)18-10-19-15/h5-8,10-11H,4,9H2,1-3H3,(H2,16,18,19). The second kappa shape index (κ2) is 6.32. The van der Waals surface area contributed by atoms with Crippen molar-refractivity contribution in [1.82, 2.24) is 15.0 Å². The van der Waals surface area contributed by atoms with Gasteiger partial charge in [0.1, 0.15) is 18.0 Å². The number of rotatable bonds is 5. The van der Waals surface area contributed by atoms with E-state index < -0.39 is 0 Å². The van der Waals surface area contributed by atoms with Gasteiger partial charge in [-0.3, -0.25) is 4.98 Å². The van der Waals surface area contributed by atoms with Gasteiger partial charge in [-0.25, -0.2) is 9.97 Å². The number of nitrogens with two attached hydrogens (primary N) is 1. The second-order valence-corrected chi connectivity index (χ2v) is 4.99. The zero-order valence-corrected chi connectivity index (χ0v) is 12.2. The molecule has 0 aliphatic carbocycles. The van der Waals surface area contributed by atoms with E-state index in [1.807, 2.05) is 18.2 Å². The van der Waals surface area contributed by atoms with Gasteiger partial charge in [-0.15, -0.1) is 0 Å². The highest BCUT2D eigenvalue weighted by molar-refractivity contribution is 5.58. The number of anilines is 2. The third-order valence-corrected chi connectivity index (χ3v) is 3.23. The summed E-state index contributed by atoms with van der Waals surface area (Å²) in [5.74, 6) is 1.74. The molecule has 0 aliphatic rings. The van der Waals surface area contributed by atoms with Crippen molar-refractivity contribution in [3.05, 3.63) is 42.0 Å². The Labute approximate surface area is 119 Å². The van der Waals surface area contributed by atoms with Crippen LogP contribution in [0.2, 0.25) is 0 Å². The smallest absolute Gasteiger partial charge is 0.137 e. The van der Waals surface area contributed by atoms with Crippen molar-refractivity contribution in [3.63, 3.8) is 0 Å². The fourth-order valence-corrected chi connectivity index (χ4v) is 2.23. The Balaban J connectivity index is 2.35. The van der Waals surface area contributed by atoms with Crippen LogP contribution in [0, 0.1) is 0 Å². The predicted octanol–water partition coefficient (Wildman–Crippen LogP) is 2.60. The molecule has 0 bridgehead atoms. The van der Waals surface area contributed by atoms with Crippen molar-refractivity contribution in [2.75, 3.05) is 17.2 Å². The molecule has 2 aromatic rings. The zero-order valence-electron chi connectivity index (χ0n) is 12.2. The van der Waals surface area contributed by atoms with Gasteiger partial charge in [-0.2, -0.15) is 0 Å². The first kappa shape index (κ1) is 14.2. The molecule has 2 rings (SSSR count). The topological polar surface area (TPSA) is 67.9 Å². The third-order valence-electron chi connectivity index (χ3n) is 3.23. The van der Waals surface area contributed by atoms with Crippen LogP contribution < -0.4 is 10.6 Å². The summed E-state index contributed by atoms with van der Waals surface area (Å²) in [6, 6.07) is 5.93. The summed E-state index contributed by atoms with van der Waals surface area (Å²) in [6.45, 7) is 7.87. The molecule has 0 amide bonds. The van der Waals surface area contributed by atoms with Gasteiger partial charge in [0.2, 0.25) is 0 Å². The monoisotopic (exact) mass is 271 g/mol. The Kier molecular flexibility index (Phi) is 4.50. The first-order chi connectivity index (χ1) is 9.63. The van der Waals surface area contributed by atoms with Gasteiger partial charge in [0.15, 0.2) is 0 Å². The molecule has 5 nitrogen and oxygen atoms in total. The van der Waals surface area contributed by atoms with E-state index in [9.17, 15) is 0 Å². The second-order valence-electron chi connectivity index (χ2n) is 4.99. The van der Waals surface area contributed by atoms with Crippen molar-refractivity contribution in [2.45, 2.75) is 33.2 Å². The molecular weight excluding hydrogens is 250 g/mol. The van der Waals surface area contributed by atoms with Crippen LogP contribution >= 0.6 is 0 Å². The molecule has 0 aliphatic heterocycles. The van der Waals surface area contributed by atoms with E-state index in [1.54, 1.807) is 6.20 Å². The lowest BCUT2D eigenvalue weighted by Crippen LogP contribution is -2.26. The van der Waals surface area contributed by atoms with Gasteiger partial charge in [0, 0.05) is 18.3 Å². The van der Waals surface area contributed by atoms with Crippen molar-refractivity contribution in [1.29, 1.82) is 0 Å². The maximum absolute atomic E-state index is 6.01. The van der Waals surface area contributed by atoms with E-state index in [1.165, 1.54) is 6.33 Å². The first-order valence-corrected chi connectivity index (χ1v) is 6.88. The lowest BCUT2D eigenvalue weighted by molar-refractivity contribution is 0.761. The number of aromatic nitrogens is 3. The molecular formula is C15H21N5. The average Bonchev–Trinajstić information content (AvgIpc) is 2.45. The van der Waals surface area contributed by atoms with E-state index in [-0.39, 0.29) is 5.92 Å². The average molecular weight is 271 g/mol. The van der Waals surface area contributed by atoms with Crippen LogP contribution in [-0.2, 0) is 6.54 Å². The molecule has 0 atom stereocenters. The van der Waals surface area contributed by atoms with Crippen LogP contribution in [0.5, 0.6) is 0 Å². The minimum atomic E-state index is 0.281. The summed E-state index contributed by atoms with van der Waals surface area (Å²) in [6.07, 6.45) is 3.33. The van der Waals surface area contributed by atoms with Gasteiger partial charge < -0.3 is 10.6 Å². The normalized spacial score (nSPS) is 10.8. The van der Waals surface area contributed by atoms with Crippen molar-refractivity contribution < 1.29 is 0 Å². The van der Waals surface area contributed by atoms with Crippen LogP contribution in [0.3, 0.4) is 0 Å². The summed E-state index contributed by atoms with van der Waals surface area (Å²) >= 11 is 0. The number of nitrogen functional groups attached to an aromatic ring is 1. The van der Waals surface area contributed by atoms with Gasteiger partial charge in [0.25, 0.3) is 0 Å². The lowest BCUT2D eigenvalue weighted by Gasteiger charge is -2.25. The molecule has 5 heteroatoms. The zero-order chi connectivity index (χ0) is 14.5. The predicted molar refractivity (Wildman–Crippen MR) is 81.5 cm³/mol. The molecule has 0 radical (unpaired) electrons. The van der Waals surface area contributed by atoms with Crippen LogP contribution in [0.4, 0.5) is 11.6 Å². The molecule has 20 heavy (non-hydrogen) atoms. The largest absolute Gasteiger partial charge is 0.383 e. The van der Waals surface area contributed by atoms with Gasteiger partial charge in [-0.1, -0.05) is 19.9 Å². The third kappa shape index (κ3) is 3.04. The Morgan fingerprint density at radius 3 is 2.60 bits per heavy atom. The highest BCUT2D eigenvalue weighted by Crippen LogP contribution is 2.29. The maximum atomic E-state index is 6.01. The molecule has 0 saturated heterocycles. The lowest BCUT2D eigenvalue weighted by atomic mass is 10.0. The van der Waals surface area contributed by atoms with Gasteiger partial charge in [0.05, 0.1) is 12.2 Å². The molecule has 2 heterocycles. The summed E-state index contributed by atoms with van der Waals surface area (Å²) in [5.41, 5.74) is 8.03. The molecule has 0 aromatic carbocycles. The van der Waals surface area contributed by atoms with Crippen molar-refractivity contribution in [2.24, 2.45) is 0 Å². The van der Waals surface area contributed by atoms with Gasteiger partial charge in [-0.05, 0) is 25.0 Å². The van der Waals surface area contributed by atoms with E-state index >= 15 is 0 Å². The minimum Gasteiger partial charge on any atom is -0.383 e. The molecule has 2 N–H and O–H groups in total. The van der Waals surface area contributed by atoms with Gasteiger partial charge >= 0.3 is 0 Å². The summed E-state index contributed by atoms with van der Waals surface area (Å²) in [7, 11) is 0.